The number of nitrogens with one attached hydrogen (secondary N) is 2. The Morgan fingerprint density at radius 3 is 2.74 bits per heavy atom. The molecule has 2 aliphatic rings. The highest BCUT2D eigenvalue weighted by Gasteiger charge is 2.39. The zero-order chi connectivity index (χ0) is 22.4. The van der Waals surface area contributed by atoms with E-state index < -0.39 is 24.9 Å². The lowest BCUT2D eigenvalue weighted by Crippen LogP contribution is -2.51. The third-order valence-corrected chi connectivity index (χ3v) is 5.60. The standard InChI is InChI=1S/C21H29F2N5O3/c22-21(23)9-8-18(29)27(14-21)13-15(24)11-19(30)28-10-4-7-17(28)12-25-20(31)26-16-5-2-1-3-6-16/h1-3,5-6,15,17H,4,7-14,24H2,(H2,25,26,31)/t15-,17?/m0/s1. The zero-order valence-electron chi connectivity index (χ0n) is 17.4. The van der Waals surface area contributed by atoms with Gasteiger partial charge in [0.05, 0.1) is 6.54 Å². The fourth-order valence-electron chi connectivity index (χ4n) is 4.03. The Bertz CT molecular complexity index is 792. The van der Waals surface area contributed by atoms with Gasteiger partial charge in [0.15, 0.2) is 0 Å². The lowest BCUT2D eigenvalue weighted by atomic mass is 10.0. The lowest BCUT2D eigenvalue weighted by molar-refractivity contribution is -0.148. The molecule has 0 saturated carbocycles. The normalized spacial score (nSPS) is 21.6. The number of carbonyl (C=O) groups excluding carboxylic acids is 3. The predicted octanol–water partition coefficient (Wildman–Crippen LogP) is 1.77. The summed E-state index contributed by atoms with van der Waals surface area (Å²) in [4.78, 5) is 39.4. The molecule has 2 aliphatic heterocycles. The number of alkyl halides is 2. The average molecular weight is 437 g/mol. The van der Waals surface area contributed by atoms with Gasteiger partial charge in [0.2, 0.25) is 11.8 Å². The number of nitrogens with two attached hydrogens (primary N) is 1. The number of hydrogen-bond acceptors (Lipinski definition) is 4. The van der Waals surface area contributed by atoms with Crippen LogP contribution in [0.25, 0.3) is 0 Å². The van der Waals surface area contributed by atoms with Crippen molar-refractivity contribution < 1.29 is 23.2 Å². The number of urea groups is 1. The summed E-state index contributed by atoms with van der Waals surface area (Å²) in [6.07, 6.45) is 0.866. The van der Waals surface area contributed by atoms with E-state index >= 15 is 0 Å². The van der Waals surface area contributed by atoms with Gasteiger partial charge in [-0.15, -0.1) is 0 Å². The minimum absolute atomic E-state index is 0.0396. The van der Waals surface area contributed by atoms with E-state index in [9.17, 15) is 23.2 Å². The van der Waals surface area contributed by atoms with Crippen LogP contribution >= 0.6 is 0 Å². The number of piperidine rings is 1. The third-order valence-electron chi connectivity index (χ3n) is 5.60. The first kappa shape index (κ1) is 22.9. The van der Waals surface area contributed by atoms with Crippen LogP contribution in [-0.4, -0.2) is 71.8 Å². The van der Waals surface area contributed by atoms with Crippen LogP contribution in [0.5, 0.6) is 0 Å². The number of carbonyl (C=O) groups is 3. The summed E-state index contributed by atoms with van der Waals surface area (Å²) < 4.78 is 27.2. The van der Waals surface area contributed by atoms with Gasteiger partial charge in [-0.1, -0.05) is 18.2 Å². The predicted molar refractivity (Wildman–Crippen MR) is 112 cm³/mol. The van der Waals surface area contributed by atoms with Crippen molar-refractivity contribution >= 4 is 23.5 Å². The van der Waals surface area contributed by atoms with E-state index in [4.69, 9.17) is 5.73 Å². The number of nitrogens with zero attached hydrogens (tertiary/aromatic N) is 2. The largest absolute Gasteiger partial charge is 0.338 e. The van der Waals surface area contributed by atoms with Crippen LogP contribution in [0.1, 0.15) is 32.1 Å². The molecule has 0 aromatic heterocycles. The molecule has 1 aromatic carbocycles. The first-order valence-corrected chi connectivity index (χ1v) is 10.5. The first-order chi connectivity index (χ1) is 14.7. The summed E-state index contributed by atoms with van der Waals surface area (Å²) in [5, 5.41) is 5.51. The zero-order valence-corrected chi connectivity index (χ0v) is 17.4. The molecule has 31 heavy (non-hydrogen) atoms. The second-order valence-electron chi connectivity index (χ2n) is 8.18. The fraction of sp³-hybridized carbons (Fsp3) is 0.571. The van der Waals surface area contributed by atoms with Gasteiger partial charge in [0, 0.05) is 56.7 Å². The Balaban J connectivity index is 1.45. The summed E-state index contributed by atoms with van der Waals surface area (Å²) in [7, 11) is 0. The number of hydrogen-bond donors (Lipinski definition) is 3. The highest BCUT2D eigenvalue weighted by atomic mass is 19.3. The molecule has 0 aliphatic carbocycles. The molecule has 2 heterocycles. The van der Waals surface area contributed by atoms with Gasteiger partial charge in [0.25, 0.3) is 5.92 Å². The maximum absolute atomic E-state index is 13.6. The van der Waals surface area contributed by atoms with Gasteiger partial charge >= 0.3 is 6.03 Å². The Morgan fingerprint density at radius 1 is 1.26 bits per heavy atom. The maximum atomic E-state index is 13.6. The van der Waals surface area contributed by atoms with Gasteiger partial charge in [-0.05, 0) is 25.0 Å². The van der Waals surface area contributed by atoms with E-state index in [0.717, 1.165) is 17.7 Å². The van der Waals surface area contributed by atoms with Crippen LogP contribution in [0.4, 0.5) is 19.3 Å². The molecule has 4 N–H and O–H groups in total. The third kappa shape index (κ3) is 6.61. The average Bonchev–Trinajstić information content (AvgIpc) is 3.18. The van der Waals surface area contributed by atoms with Crippen LogP contribution in [0.15, 0.2) is 30.3 Å². The smallest absolute Gasteiger partial charge is 0.319 e. The second-order valence-corrected chi connectivity index (χ2v) is 8.18. The van der Waals surface area contributed by atoms with Gasteiger partial charge < -0.3 is 26.2 Å². The molecule has 4 amide bonds. The minimum Gasteiger partial charge on any atom is -0.338 e. The Kier molecular flexibility index (Phi) is 7.42. The molecular weight excluding hydrogens is 408 g/mol. The van der Waals surface area contributed by atoms with Crippen molar-refractivity contribution in [2.45, 2.75) is 50.1 Å². The summed E-state index contributed by atoms with van der Waals surface area (Å²) >= 11 is 0. The van der Waals surface area contributed by atoms with Gasteiger partial charge in [0.1, 0.15) is 0 Å². The van der Waals surface area contributed by atoms with Crippen LogP contribution in [0.3, 0.4) is 0 Å². The second kappa shape index (κ2) is 10.0. The number of para-hydroxylation sites is 1. The van der Waals surface area contributed by atoms with Gasteiger partial charge in [-0.25, -0.2) is 13.6 Å². The molecule has 0 bridgehead atoms. The Morgan fingerprint density at radius 2 is 2.00 bits per heavy atom. The number of rotatable bonds is 7. The molecule has 8 nitrogen and oxygen atoms in total. The minimum atomic E-state index is -2.91. The van der Waals surface area contributed by atoms with E-state index in [1.54, 1.807) is 17.0 Å². The Labute approximate surface area is 180 Å². The molecule has 2 saturated heterocycles. The first-order valence-electron chi connectivity index (χ1n) is 10.5. The summed E-state index contributed by atoms with van der Waals surface area (Å²) in [5.74, 6) is -3.47. The van der Waals surface area contributed by atoms with Crippen LogP contribution in [0, 0.1) is 0 Å². The van der Waals surface area contributed by atoms with E-state index in [1.807, 2.05) is 18.2 Å². The number of benzene rings is 1. The quantitative estimate of drug-likeness (QED) is 0.604. The van der Waals surface area contributed by atoms with Crippen molar-refractivity contribution in [2.75, 3.05) is 31.5 Å². The summed E-state index contributed by atoms with van der Waals surface area (Å²) in [6.45, 7) is 0.131. The van der Waals surface area contributed by atoms with E-state index in [0.29, 0.717) is 18.8 Å². The highest BCUT2D eigenvalue weighted by Crippen LogP contribution is 2.27. The molecule has 2 fully saturated rings. The monoisotopic (exact) mass is 437 g/mol. The molecule has 0 radical (unpaired) electrons. The lowest BCUT2D eigenvalue weighted by Gasteiger charge is -2.34. The summed E-state index contributed by atoms with van der Waals surface area (Å²) in [6, 6.07) is 7.80. The van der Waals surface area contributed by atoms with Crippen molar-refractivity contribution in [1.82, 2.24) is 15.1 Å². The number of halogens is 2. The van der Waals surface area contributed by atoms with Gasteiger partial charge in [-0.2, -0.15) is 0 Å². The van der Waals surface area contributed by atoms with Crippen molar-refractivity contribution in [3.8, 4) is 0 Å². The topological polar surface area (TPSA) is 108 Å². The van der Waals surface area contributed by atoms with Crippen molar-refractivity contribution in [3.05, 3.63) is 30.3 Å². The van der Waals surface area contributed by atoms with E-state index in [-0.39, 0.29) is 43.3 Å². The van der Waals surface area contributed by atoms with Crippen molar-refractivity contribution in [2.24, 2.45) is 5.73 Å². The van der Waals surface area contributed by atoms with Crippen LogP contribution < -0.4 is 16.4 Å². The van der Waals surface area contributed by atoms with Crippen LogP contribution in [-0.2, 0) is 9.59 Å². The SMILES string of the molecule is N[C@@H](CC(=O)N1CCCC1CNC(=O)Nc1ccccc1)CN1CC(F)(F)CCC1=O. The van der Waals surface area contributed by atoms with Gasteiger partial charge in [-0.3, -0.25) is 9.59 Å². The molecule has 1 unspecified atom stereocenters. The molecule has 10 heteroatoms. The van der Waals surface area contributed by atoms with E-state index in [1.165, 1.54) is 0 Å². The molecule has 2 atom stereocenters. The van der Waals surface area contributed by atoms with Crippen molar-refractivity contribution in [3.63, 3.8) is 0 Å². The molecule has 170 valence electrons. The maximum Gasteiger partial charge on any atom is 0.319 e. The molecule has 0 spiro atoms. The number of amides is 4. The summed E-state index contributed by atoms with van der Waals surface area (Å²) in [5.41, 5.74) is 6.68. The number of likely N-dealkylation sites (tertiary alicyclic amines) is 2. The molecule has 3 rings (SSSR count). The number of anilines is 1. The van der Waals surface area contributed by atoms with Crippen molar-refractivity contribution in [1.29, 1.82) is 0 Å². The molecule has 1 aromatic rings. The highest BCUT2D eigenvalue weighted by molar-refractivity contribution is 5.89. The van der Waals surface area contributed by atoms with E-state index in [2.05, 4.69) is 10.6 Å². The van der Waals surface area contributed by atoms with Crippen LogP contribution in [0.2, 0.25) is 0 Å². The molecular formula is C21H29F2N5O3. The Hall–Kier alpha value is -2.75. The fourth-order valence-corrected chi connectivity index (χ4v) is 4.03.